The van der Waals surface area contributed by atoms with Crippen molar-refractivity contribution in [3.63, 3.8) is 0 Å². The molecule has 1 fully saturated rings. The third-order valence-electron chi connectivity index (χ3n) is 5.31. The zero-order valence-electron chi connectivity index (χ0n) is 16.0. The van der Waals surface area contributed by atoms with Gasteiger partial charge >= 0.3 is 0 Å². The zero-order valence-corrected chi connectivity index (χ0v) is 16.0. The Hall–Kier alpha value is -2.21. The van der Waals surface area contributed by atoms with Crippen molar-refractivity contribution in [2.24, 2.45) is 0 Å². The number of likely N-dealkylation sites (N-methyl/N-ethyl adjacent to an activating group) is 1. The Morgan fingerprint density at radius 2 is 1.74 bits per heavy atom. The monoisotopic (exact) mass is 368 g/mol. The fraction of sp³-hybridized carbons (Fsp3) is 0.409. The van der Waals surface area contributed by atoms with Gasteiger partial charge in [0.2, 0.25) is 5.91 Å². The maximum absolute atomic E-state index is 12.2. The smallest absolute Gasteiger partial charge is 0.248 e. The lowest BCUT2D eigenvalue weighted by atomic mass is 9.77. The van der Waals surface area contributed by atoms with Gasteiger partial charge in [-0.2, -0.15) is 0 Å². The van der Waals surface area contributed by atoms with Crippen LogP contribution in [0.3, 0.4) is 0 Å². The molecule has 3 atom stereocenters. The lowest BCUT2D eigenvalue weighted by Crippen LogP contribution is -2.65. The van der Waals surface area contributed by atoms with Crippen LogP contribution in [0, 0.1) is 0 Å². The van der Waals surface area contributed by atoms with E-state index in [-0.39, 0.29) is 37.1 Å². The maximum Gasteiger partial charge on any atom is 0.248 e. The van der Waals surface area contributed by atoms with Gasteiger partial charge in [-0.15, -0.1) is 0 Å². The number of nitrogens with one attached hydrogen (secondary N) is 1. The molecule has 0 saturated carbocycles. The second-order valence-electron chi connectivity index (χ2n) is 6.94. The van der Waals surface area contributed by atoms with E-state index < -0.39 is 0 Å². The molecule has 5 heteroatoms. The van der Waals surface area contributed by atoms with Crippen molar-refractivity contribution in [3.8, 4) is 11.1 Å². The fourth-order valence-electron chi connectivity index (χ4n) is 3.83. The first-order chi connectivity index (χ1) is 13.2. The second kappa shape index (κ2) is 9.13. The quantitative estimate of drug-likeness (QED) is 0.750. The topological polar surface area (TPSA) is 61.8 Å². The highest BCUT2D eigenvalue weighted by molar-refractivity contribution is 5.77. The predicted molar refractivity (Wildman–Crippen MR) is 107 cm³/mol. The van der Waals surface area contributed by atoms with Gasteiger partial charge in [0.25, 0.3) is 0 Å². The number of methoxy groups -OCH3 is 1. The summed E-state index contributed by atoms with van der Waals surface area (Å²) >= 11 is 0. The maximum atomic E-state index is 12.2. The molecule has 0 spiro atoms. The Morgan fingerprint density at radius 3 is 2.33 bits per heavy atom. The summed E-state index contributed by atoms with van der Waals surface area (Å²) in [6.45, 7) is 3.41. The van der Waals surface area contributed by atoms with Crippen molar-refractivity contribution in [2.45, 2.75) is 24.9 Å². The van der Waals surface area contributed by atoms with Gasteiger partial charge in [-0.25, -0.2) is 0 Å². The number of aliphatic hydroxyl groups excluding tert-OH is 1. The molecule has 27 heavy (non-hydrogen) atoms. The van der Waals surface area contributed by atoms with Crippen LogP contribution in [-0.2, 0) is 9.53 Å². The molecule has 5 nitrogen and oxygen atoms in total. The van der Waals surface area contributed by atoms with Crippen LogP contribution in [0.2, 0.25) is 0 Å². The minimum Gasteiger partial charge on any atom is -0.395 e. The van der Waals surface area contributed by atoms with Gasteiger partial charge in [0.1, 0.15) is 6.61 Å². The highest BCUT2D eigenvalue weighted by atomic mass is 16.5. The summed E-state index contributed by atoms with van der Waals surface area (Å²) in [6, 6.07) is 19.0. The van der Waals surface area contributed by atoms with Crippen LogP contribution < -0.4 is 5.32 Å². The van der Waals surface area contributed by atoms with Crippen LogP contribution in [0.4, 0.5) is 0 Å². The van der Waals surface area contributed by atoms with Crippen LogP contribution in [-0.4, -0.2) is 61.4 Å². The number of aliphatic hydroxyl groups is 1. The Labute approximate surface area is 161 Å². The summed E-state index contributed by atoms with van der Waals surface area (Å²) in [5.41, 5.74) is 3.55. The molecule has 3 rings (SSSR count). The summed E-state index contributed by atoms with van der Waals surface area (Å²) < 4.78 is 4.98. The Bertz CT molecular complexity index is 733. The average Bonchev–Trinajstić information content (AvgIpc) is 2.69. The molecule has 2 aromatic rings. The highest BCUT2D eigenvalue weighted by Gasteiger charge is 2.41. The lowest BCUT2D eigenvalue weighted by Gasteiger charge is -2.47. The molecule has 1 aliphatic rings. The van der Waals surface area contributed by atoms with E-state index >= 15 is 0 Å². The fourth-order valence-corrected chi connectivity index (χ4v) is 3.83. The molecular weight excluding hydrogens is 340 g/mol. The van der Waals surface area contributed by atoms with Crippen LogP contribution in [0.25, 0.3) is 11.1 Å². The molecule has 1 saturated heterocycles. The molecular formula is C22H28N2O3. The molecule has 1 heterocycles. The number of carbonyl (C=O) groups is 1. The van der Waals surface area contributed by atoms with E-state index in [4.69, 9.17) is 4.74 Å². The van der Waals surface area contributed by atoms with Crippen molar-refractivity contribution in [2.75, 3.05) is 33.4 Å². The van der Waals surface area contributed by atoms with Crippen molar-refractivity contribution in [1.29, 1.82) is 0 Å². The van der Waals surface area contributed by atoms with Crippen LogP contribution in [0.1, 0.15) is 18.4 Å². The number of nitrogens with zero attached hydrogens (tertiary/aromatic N) is 1. The molecule has 144 valence electrons. The number of hydrogen-bond acceptors (Lipinski definition) is 4. The Balaban J connectivity index is 1.73. The van der Waals surface area contributed by atoms with E-state index in [9.17, 15) is 9.90 Å². The third-order valence-corrected chi connectivity index (χ3v) is 5.31. The Kier molecular flexibility index (Phi) is 6.61. The van der Waals surface area contributed by atoms with E-state index in [0.29, 0.717) is 13.1 Å². The summed E-state index contributed by atoms with van der Waals surface area (Å²) in [5.74, 6) is 0.177. The molecule has 0 bridgehead atoms. The van der Waals surface area contributed by atoms with E-state index in [1.54, 1.807) is 4.90 Å². The zero-order chi connectivity index (χ0) is 19.2. The minimum atomic E-state index is -0.00701. The number of amides is 1. The van der Waals surface area contributed by atoms with Crippen LogP contribution in [0.5, 0.6) is 0 Å². The summed E-state index contributed by atoms with van der Waals surface area (Å²) in [5, 5.41) is 13.1. The molecule has 2 aromatic carbocycles. The van der Waals surface area contributed by atoms with Gasteiger partial charge in [0, 0.05) is 38.2 Å². The summed E-state index contributed by atoms with van der Waals surface area (Å²) in [7, 11) is 1.53. The average molecular weight is 368 g/mol. The first-order valence-corrected chi connectivity index (χ1v) is 9.47. The third kappa shape index (κ3) is 4.38. The van der Waals surface area contributed by atoms with E-state index in [1.807, 2.05) is 25.1 Å². The van der Waals surface area contributed by atoms with Crippen molar-refractivity contribution >= 4 is 5.91 Å². The second-order valence-corrected chi connectivity index (χ2v) is 6.94. The van der Waals surface area contributed by atoms with Crippen LogP contribution in [0.15, 0.2) is 54.6 Å². The first kappa shape index (κ1) is 19.5. The number of hydrogen-bond donors (Lipinski definition) is 2. The number of ether oxygens (including phenoxy) is 1. The van der Waals surface area contributed by atoms with Gasteiger partial charge in [-0.1, -0.05) is 54.6 Å². The summed E-state index contributed by atoms with van der Waals surface area (Å²) in [6.07, 6.45) is 0. The molecule has 2 N–H and O–H groups in total. The first-order valence-electron chi connectivity index (χ1n) is 9.47. The van der Waals surface area contributed by atoms with Gasteiger partial charge in [-0.05, 0) is 23.6 Å². The number of benzene rings is 2. The molecule has 0 aliphatic carbocycles. The van der Waals surface area contributed by atoms with Gasteiger partial charge in [0.15, 0.2) is 0 Å². The van der Waals surface area contributed by atoms with Gasteiger partial charge in [-0.3, -0.25) is 4.79 Å². The van der Waals surface area contributed by atoms with E-state index in [1.165, 1.54) is 23.8 Å². The molecule has 0 radical (unpaired) electrons. The Morgan fingerprint density at radius 1 is 1.07 bits per heavy atom. The standard InChI is InChI=1S/C22H28N2O3/c1-3-24(21(26)15-27-2)13-19-22(20(14-25)23-19)18-11-9-17(10-12-18)16-7-5-4-6-8-16/h4-12,19-20,22-23,25H,3,13-15H2,1-2H3/t19-,20+,22-/m0/s1. The predicted octanol–water partition coefficient (Wildman–Crippen LogP) is 2.26. The molecule has 1 aliphatic heterocycles. The highest BCUT2D eigenvalue weighted by Crippen LogP contribution is 2.33. The van der Waals surface area contributed by atoms with Gasteiger partial charge in [0.05, 0.1) is 6.61 Å². The number of carbonyl (C=O) groups excluding carboxylic acids is 1. The van der Waals surface area contributed by atoms with Crippen molar-refractivity contribution in [3.05, 3.63) is 60.2 Å². The minimum absolute atomic E-state index is 0.00701. The van der Waals surface area contributed by atoms with E-state index in [0.717, 1.165) is 0 Å². The number of rotatable bonds is 8. The van der Waals surface area contributed by atoms with Crippen molar-refractivity contribution in [1.82, 2.24) is 10.2 Å². The summed E-state index contributed by atoms with van der Waals surface area (Å²) in [4.78, 5) is 14.0. The largest absolute Gasteiger partial charge is 0.395 e. The van der Waals surface area contributed by atoms with E-state index in [2.05, 4.69) is 41.7 Å². The lowest BCUT2D eigenvalue weighted by molar-refractivity contribution is -0.135. The van der Waals surface area contributed by atoms with Gasteiger partial charge < -0.3 is 20.1 Å². The molecule has 0 aromatic heterocycles. The SMILES string of the molecule is CCN(C[C@@H]1N[C@H](CO)[C@H]1c1ccc(-c2ccccc2)cc1)C(=O)COC. The molecule has 0 unspecified atom stereocenters. The normalized spacial score (nSPS) is 21.5. The molecule has 1 amide bonds. The van der Waals surface area contributed by atoms with Crippen LogP contribution >= 0.6 is 0 Å². The van der Waals surface area contributed by atoms with Crippen molar-refractivity contribution < 1.29 is 14.6 Å².